The minimum absolute atomic E-state index is 0.174. The minimum atomic E-state index is -1.47. The van der Waals surface area contributed by atoms with Crippen LogP contribution < -0.4 is 0 Å². The van der Waals surface area contributed by atoms with Crippen molar-refractivity contribution in [1.29, 1.82) is 0 Å². The van der Waals surface area contributed by atoms with E-state index in [1.807, 2.05) is 0 Å². The molecule has 0 aromatic carbocycles. The Morgan fingerprint density at radius 1 is 0.731 bits per heavy atom. The number of carboxylic acid groups (broad SMARTS) is 2. The van der Waals surface area contributed by atoms with Crippen molar-refractivity contribution in [3.05, 3.63) is 24.3 Å². The molecule has 0 spiro atoms. The third kappa shape index (κ3) is 7.51. The summed E-state index contributed by atoms with van der Waals surface area (Å²) in [7, 11) is 0. The zero-order valence-electron chi connectivity index (χ0n) is 14.4. The van der Waals surface area contributed by atoms with Gasteiger partial charge in [-0.25, -0.2) is 9.59 Å². The van der Waals surface area contributed by atoms with Crippen LogP contribution in [0.15, 0.2) is 24.3 Å². The quantitative estimate of drug-likeness (QED) is 0.464. The van der Waals surface area contributed by atoms with Gasteiger partial charge in [-0.05, 0) is 6.42 Å². The molecule has 0 unspecified atom stereocenters. The summed E-state index contributed by atoms with van der Waals surface area (Å²) in [5.74, 6) is -7.21. The third-order valence-corrected chi connectivity index (χ3v) is 2.87. The molecule has 0 saturated carbocycles. The molecule has 10 heteroatoms. The second-order valence-electron chi connectivity index (χ2n) is 4.89. The number of amides is 4. The molecule has 0 aliphatic rings. The van der Waals surface area contributed by atoms with E-state index in [1.54, 1.807) is 6.92 Å². The largest absolute Gasteiger partial charge is 0.478 e. The van der Waals surface area contributed by atoms with Gasteiger partial charge in [-0.3, -0.25) is 19.2 Å². The van der Waals surface area contributed by atoms with Crippen molar-refractivity contribution in [2.45, 2.75) is 39.5 Å². The molecule has 0 aromatic heterocycles. The van der Waals surface area contributed by atoms with Crippen molar-refractivity contribution < 1.29 is 39.0 Å². The van der Waals surface area contributed by atoms with Crippen LogP contribution >= 0.6 is 0 Å². The van der Waals surface area contributed by atoms with Crippen molar-refractivity contribution in [2.24, 2.45) is 0 Å². The predicted octanol–water partition coefficient (Wildman–Crippen LogP) is 0.494. The molecule has 26 heavy (non-hydrogen) atoms. The zero-order chi connectivity index (χ0) is 20.3. The van der Waals surface area contributed by atoms with Crippen LogP contribution in [0.5, 0.6) is 0 Å². The number of carboxylic acids is 2. The van der Waals surface area contributed by atoms with Crippen molar-refractivity contribution >= 4 is 35.6 Å². The highest BCUT2D eigenvalue weighted by Crippen LogP contribution is 2.10. The van der Waals surface area contributed by atoms with Crippen LogP contribution in [0.2, 0.25) is 0 Å². The number of rotatable bonds is 8. The van der Waals surface area contributed by atoms with Crippen LogP contribution in [0.3, 0.4) is 0 Å². The molecule has 0 aromatic rings. The molecule has 10 nitrogen and oxygen atoms in total. The summed E-state index contributed by atoms with van der Waals surface area (Å²) in [5.41, 5.74) is 0. The number of nitrogens with zero attached hydrogens (tertiary/aromatic N) is 2. The lowest BCUT2D eigenvalue weighted by molar-refractivity contribution is -0.176. The fourth-order valence-corrected chi connectivity index (χ4v) is 1.68. The molecule has 142 valence electrons. The van der Waals surface area contributed by atoms with Crippen molar-refractivity contribution in [1.82, 2.24) is 10.0 Å². The number of carbonyl (C=O) groups is 6. The first-order valence-corrected chi connectivity index (χ1v) is 7.71. The van der Waals surface area contributed by atoms with Gasteiger partial charge in [0.15, 0.2) is 0 Å². The van der Waals surface area contributed by atoms with Gasteiger partial charge in [0.2, 0.25) is 11.8 Å². The Bertz CT molecular complexity index is 651. The van der Waals surface area contributed by atoms with Gasteiger partial charge in [-0.15, -0.1) is 0 Å². The summed E-state index contributed by atoms with van der Waals surface area (Å²) in [4.78, 5) is 70.0. The van der Waals surface area contributed by atoms with Gasteiger partial charge < -0.3 is 10.2 Å². The topological polar surface area (TPSA) is 149 Å². The lowest BCUT2D eigenvalue weighted by Gasteiger charge is -2.29. The predicted molar refractivity (Wildman–Crippen MR) is 87.1 cm³/mol. The average molecular weight is 368 g/mol. The van der Waals surface area contributed by atoms with Gasteiger partial charge in [0.25, 0.3) is 11.8 Å². The van der Waals surface area contributed by atoms with E-state index >= 15 is 0 Å². The fourth-order valence-electron chi connectivity index (χ4n) is 1.68. The highest BCUT2D eigenvalue weighted by atomic mass is 16.4. The van der Waals surface area contributed by atoms with E-state index in [1.165, 1.54) is 6.92 Å². The molecule has 0 bridgehead atoms. The smallest absolute Gasteiger partial charge is 0.328 e. The highest BCUT2D eigenvalue weighted by Gasteiger charge is 2.33. The average Bonchev–Trinajstić information content (AvgIpc) is 2.59. The first kappa shape index (κ1) is 22.7. The maximum atomic E-state index is 12.3. The lowest BCUT2D eigenvalue weighted by Crippen LogP contribution is -2.54. The molecular formula is C16H20N2O8. The van der Waals surface area contributed by atoms with Crippen LogP contribution in [0.25, 0.3) is 0 Å². The van der Waals surface area contributed by atoms with Crippen molar-refractivity contribution in [3.63, 3.8) is 0 Å². The Hall–Kier alpha value is -3.30. The van der Waals surface area contributed by atoms with E-state index in [9.17, 15) is 28.8 Å². The summed E-state index contributed by atoms with van der Waals surface area (Å²) >= 11 is 0. The van der Waals surface area contributed by atoms with Gasteiger partial charge in [0.1, 0.15) is 0 Å². The summed E-state index contributed by atoms with van der Waals surface area (Å²) in [6, 6.07) is 0. The molecule has 0 aliphatic carbocycles. The van der Waals surface area contributed by atoms with E-state index in [0.717, 1.165) is 0 Å². The second-order valence-corrected chi connectivity index (χ2v) is 4.89. The Morgan fingerprint density at radius 3 is 1.50 bits per heavy atom. The van der Waals surface area contributed by atoms with Gasteiger partial charge in [-0.1, -0.05) is 20.3 Å². The number of hydrazine groups is 1. The van der Waals surface area contributed by atoms with Crippen LogP contribution in [0.4, 0.5) is 0 Å². The SMILES string of the molecule is CCCCC(=O)N(C(=O)/C=C\C(=O)O)N(C(=O)/C=C\C(=O)O)C(=O)CC. The van der Waals surface area contributed by atoms with E-state index in [-0.39, 0.29) is 22.9 Å². The van der Waals surface area contributed by atoms with Crippen molar-refractivity contribution in [2.75, 3.05) is 0 Å². The van der Waals surface area contributed by atoms with E-state index in [4.69, 9.17) is 10.2 Å². The molecule has 0 atom stereocenters. The molecule has 4 amide bonds. The van der Waals surface area contributed by atoms with E-state index in [2.05, 4.69) is 0 Å². The van der Waals surface area contributed by atoms with Gasteiger partial charge in [0.05, 0.1) is 0 Å². The maximum absolute atomic E-state index is 12.3. The van der Waals surface area contributed by atoms with Gasteiger partial charge >= 0.3 is 11.9 Å². The monoisotopic (exact) mass is 368 g/mol. The number of hydrogen-bond donors (Lipinski definition) is 2. The molecule has 0 radical (unpaired) electrons. The Balaban J connectivity index is 5.98. The summed E-state index contributed by atoms with van der Waals surface area (Å²) in [5, 5.41) is 17.6. The molecule has 0 fully saturated rings. The summed E-state index contributed by atoms with van der Waals surface area (Å²) in [6.45, 7) is 3.15. The minimum Gasteiger partial charge on any atom is -0.478 e. The fraction of sp³-hybridized carbons (Fsp3) is 0.375. The summed E-state index contributed by atoms with van der Waals surface area (Å²) < 4.78 is 0. The molecular weight excluding hydrogens is 348 g/mol. The second kappa shape index (κ2) is 11.3. The number of aliphatic carboxylic acids is 2. The van der Waals surface area contributed by atoms with Crippen LogP contribution in [-0.2, 0) is 28.8 Å². The standard InChI is InChI=1S/C16H20N2O8/c1-3-5-6-12(20)18(14(22)8-10-16(25)26)17(11(19)4-2)13(21)7-9-15(23)24/h7-10H,3-6H2,1-2H3,(H,23,24)(H,25,26)/b9-7-,10-8-. The Labute approximate surface area is 149 Å². The van der Waals surface area contributed by atoms with Crippen molar-refractivity contribution in [3.8, 4) is 0 Å². The Kier molecular flexibility index (Phi) is 9.86. The summed E-state index contributed by atoms with van der Waals surface area (Å²) in [6.07, 6.45) is 2.46. The highest BCUT2D eigenvalue weighted by molar-refractivity contribution is 6.10. The van der Waals surface area contributed by atoms with Crippen LogP contribution in [0, 0.1) is 0 Å². The van der Waals surface area contributed by atoms with Crippen LogP contribution in [0.1, 0.15) is 39.5 Å². The maximum Gasteiger partial charge on any atom is 0.328 e. The molecule has 0 rings (SSSR count). The first-order chi connectivity index (χ1) is 12.1. The number of unbranched alkanes of at least 4 members (excludes halogenated alkanes) is 1. The third-order valence-electron chi connectivity index (χ3n) is 2.87. The number of imide groups is 2. The Morgan fingerprint density at radius 2 is 1.15 bits per heavy atom. The zero-order valence-corrected chi connectivity index (χ0v) is 14.4. The van der Waals surface area contributed by atoms with Crippen LogP contribution in [-0.4, -0.2) is 55.8 Å². The first-order valence-electron chi connectivity index (χ1n) is 7.71. The number of hydrogen-bond acceptors (Lipinski definition) is 6. The normalized spacial score (nSPS) is 10.7. The number of carbonyl (C=O) groups excluding carboxylic acids is 4. The lowest BCUT2D eigenvalue weighted by atomic mass is 10.2. The van der Waals surface area contributed by atoms with Gasteiger partial charge in [-0.2, -0.15) is 10.0 Å². The molecule has 0 heterocycles. The molecule has 0 aliphatic heterocycles. The molecule has 0 saturated heterocycles. The molecule has 2 N–H and O–H groups in total. The van der Waals surface area contributed by atoms with E-state index < -0.39 is 35.6 Å². The van der Waals surface area contributed by atoms with E-state index in [0.29, 0.717) is 37.1 Å². The van der Waals surface area contributed by atoms with Gasteiger partial charge in [0, 0.05) is 37.1 Å².